The summed E-state index contributed by atoms with van der Waals surface area (Å²) in [6.45, 7) is 0. The van der Waals surface area contributed by atoms with Gasteiger partial charge in [0.2, 0.25) is 0 Å². The van der Waals surface area contributed by atoms with Gasteiger partial charge in [-0.25, -0.2) is 9.97 Å². The Labute approximate surface area is 231 Å². The van der Waals surface area contributed by atoms with E-state index in [4.69, 9.17) is 9.97 Å². The molecule has 4 aromatic carbocycles. The molecule has 2 unspecified atom stereocenters. The zero-order valence-corrected chi connectivity index (χ0v) is 21.5. The molecule has 10 rings (SSSR count). The molecule has 0 spiro atoms. The topological polar surface area (TPSA) is 32.3 Å². The van der Waals surface area contributed by atoms with E-state index in [1.807, 2.05) is 24.5 Å². The minimum absolute atomic E-state index is 0.0482. The molecule has 0 radical (unpaired) electrons. The molecule has 4 heteroatoms. The van der Waals surface area contributed by atoms with Crippen LogP contribution in [0.4, 0.5) is 23.0 Å². The monoisotopic (exact) mass is 510 g/mol. The lowest BCUT2D eigenvalue weighted by Crippen LogP contribution is -2.38. The summed E-state index contributed by atoms with van der Waals surface area (Å²) < 4.78 is 0. The van der Waals surface area contributed by atoms with E-state index in [2.05, 4.69) is 107 Å². The highest BCUT2D eigenvalue weighted by Crippen LogP contribution is 2.64. The lowest BCUT2D eigenvalue weighted by molar-refractivity contribution is 0.751. The van der Waals surface area contributed by atoms with E-state index in [0.29, 0.717) is 0 Å². The normalized spacial score (nSPS) is 17.9. The lowest BCUT2D eigenvalue weighted by Gasteiger charge is -2.50. The molecule has 0 saturated heterocycles. The smallest absolute Gasteiger partial charge is 0.141 e. The summed E-state index contributed by atoms with van der Waals surface area (Å²) in [5.74, 6) is 2.03. The number of anilines is 4. The number of rotatable bonds is 0. The quantitative estimate of drug-likeness (QED) is 0.205. The predicted octanol–water partition coefficient (Wildman–Crippen LogP) is 8.59. The summed E-state index contributed by atoms with van der Waals surface area (Å²) in [6, 6.07) is 40.0. The van der Waals surface area contributed by atoms with Gasteiger partial charge in [0, 0.05) is 29.1 Å². The second kappa shape index (κ2) is 7.25. The first kappa shape index (κ1) is 20.7. The molecule has 0 aliphatic carbocycles. The van der Waals surface area contributed by atoms with Crippen LogP contribution >= 0.6 is 0 Å². The third-order valence-electron chi connectivity index (χ3n) is 9.14. The molecular formula is C36H22N4. The largest absolute Gasteiger partial charge is 0.313 e. The Bertz CT molecular complexity index is 1770. The fourth-order valence-corrected chi connectivity index (χ4v) is 7.72. The van der Waals surface area contributed by atoms with Crippen molar-refractivity contribution in [3.8, 4) is 33.4 Å². The summed E-state index contributed by atoms with van der Waals surface area (Å²) in [6.07, 6.45) is 3.84. The van der Waals surface area contributed by atoms with Crippen LogP contribution < -0.4 is 9.80 Å². The van der Waals surface area contributed by atoms with E-state index in [1.54, 1.807) is 0 Å². The molecule has 0 amide bonds. The van der Waals surface area contributed by atoms with E-state index < -0.39 is 0 Å². The van der Waals surface area contributed by atoms with Gasteiger partial charge in [-0.2, -0.15) is 0 Å². The molecule has 40 heavy (non-hydrogen) atoms. The Hall–Kier alpha value is -5.22. The molecule has 6 heterocycles. The molecule has 4 nitrogen and oxygen atoms in total. The van der Waals surface area contributed by atoms with Gasteiger partial charge in [-0.3, -0.25) is 0 Å². The molecule has 186 valence electrons. The molecule has 4 aliphatic rings. The number of hydrogen-bond acceptors (Lipinski definition) is 4. The van der Waals surface area contributed by atoms with Gasteiger partial charge in [-0.05, 0) is 75.3 Å². The van der Waals surface area contributed by atoms with E-state index in [1.165, 1.54) is 67.0 Å². The fraction of sp³-hybridized carbons (Fsp3) is 0.0556. The van der Waals surface area contributed by atoms with Crippen molar-refractivity contribution in [2.45, 2.75) is 12.1 Å². The van der Waals surface area contributed by atoms with Gasteiger partial charge in [0.1, 0.15) is 11.6 Å². The van der Waals surface area contributed by atoms with E-state index in [-0.39, 0.29) is 12.1 Å². The number of hydrogen-bond donors (Lipinski definition) is 0. The minimum atomic E-state index is 0.0482. The second-order valence-electron chi connectivity index (χ2n) is 11.0. The maximum Gasteiger partial charge on any atom is 0.141 e. The Morgan fingerprint density at radius 2 is 0.850 bits per heavy atom. The van der Waals surface area contributed by atoms with E-state index >= 15 is 0 Å². The Morgan fingerprint density at radius 1 is 0.400 bits per heavy atom. The first-order chi connectivity index (χ1) is 19.9. The third-order valence-corrected chi connectivity index (χ3v) is 9.14. The summed E-state index contributed by atoms with van der Waals surface area (Å²) in [5, 5.41) is 0. The first-order valence-electron chi connectivity index (χ1n) is 13.8. The van der Waals surface area contributed by atoms with Crippen LogP contribution in [-0.4, -0.2) is 9.97 Å². The summed E-state index contributed by atoms with van der Waals surface area (Å²) in [4.78, 5) is 14.9. The average Bonchev–Trinajstić information content (AvgIpc) is 3.03. The van der Waals surface area contributed by atoms with Crippen LogP contribution in [0.25, 0.3) is 33.4 Å². The molecule has 4 aliphatic heterocycles. The summed E-state index contributed by atoms with van der Waals surface area (Å²) in [7, 11) is 0. The summed E-state index contributed by atoms with van der Waals surface area (Å²) in [5.41, 5.74) is 15.3. The Balaban J connectivity index is 1.35. The molecular weight excluding hydrogens is 488 g/mol. The molecule has 2 aromatic heterocycles. The van der Waals surface area contributed by atoms with Gasteiger partial charge >= 0.3 is 0 Å². The van der Waals surface area contributed by atoms with Crippen LogP contribution in [0.2, 0.25) is 0 Å². The highest BCUT2D eigenvalue weighted by atomic mass is 15.3. The van der Waals surface area contributed by atoms with Crippen molar-refractivity contribution in [2.24, 2.45) is 0 Å². The molecule has 6 aromatic rings. The number of nitrogens with zero attached hydrogens (tertiary/aromatic N) is 4. The summed E-state index contributed by atoms with van der Waals surface area (Å²) >= 11 is 0. The lowest BCUT2D eigenvalue weighted by atomic mass is 9.72. The highest BCUT2D eigenvalue weighted by Gasteiger charge is 2.47. The molecule has 0 bridgehead atoms. The molecule has 0 fully saturated rings. The highest BCUT2D eigenvalue weighted by molar-refractivity contribution is 6.05. The van der Waals surface area contributed by atoms with E-state index in [0.717, 1.165) is 11.6 Å². The van der Waals surface area contributed by atoms with Gasteiger partial charge in [-0.15, -0.1) is 0 Å². The molecule has 0 saturated carbocycles. The molecule has 0 N–H and O–H groups in total. The van der Waals surface area contributed by atoms with Crippen molar-refractivity contribution >= 4 is 23.0 Å². The van der Waals surface area contributed by atoms with E-state index in [9.17, 15) is 0 Å². The van der Waals surface area contributed by atoms with Crippen LogP contribution in [0.5, 0.6) is 0 Å². The third kappa shape index (κ3) is 2.35. The fourth-order valence-electron chi connectivity index (χ4n) is 7.72. The number of pyridine rings is 2. The Morgan fingerprint density at radius 3 is 1.40 bits per heavy atom. The number of aromatic nitrogens is 2. The van der Waals surface area contributed by atoms with Crippen LogP contribution in [0.1, 0.15) is 34.3 Å². The van der Waals surface area contributed by atoms with Crippen molar-refractivity contribution < 1.29 is 0 Å². The standard InChI is InChI=1S/C36H22N4/c1-3-11-23-21(9-1)25-15-7-19-37-35(25)39-29-17-6-18-30-32(29)31-27(33(23)39)13-5-14-28(31)34-24-12-4-2-10-22(24)26-16-8-20-38-36(26)40(30)34/h1-20,33-34H. The SMILES string of the molecule is c1ccc2c(c1)-c1cccnc1N1c3cccc4c3-c3c(cccc3C3c5ccccc5-c5cccnc5N43)C21. The maximum atomic E-state index is 4.99. The van der Waals surface area contributed by atoms with Crippen LogP contribution in [-0.2, 0) is 0 Å². The predicted molar refractivity (Wildman–Crippen MR) is 159 cm³/mol. The van der Waals surface area contributed by atoms with Crippen molar-refractivity contribution in [1.82, 2.24) is 9.97 Å². The van der Waals surface area contributed by atoms with Crippen LogP contribution in [0.3, 0.4) is 0 Å². The maximum absolute atomic E-state index is 4.99. The zero-order chi connectivity index (χ0) is 25.9. The minimum Gasteiger partial charge on any atom is -0.313 e. The zero-order valence-electron chi connectivity index (χ0n) is 21.5. The van der Waals surface area contributed by atoms with Crippen molar-refractivity contribution in [3.05, 3.63) is 144 Å². The van der Waals surface area contributed by atoms with Gasteiger partial charge in [0.25, 0.3) is 0 Å². The van der Waals surface area contributed by atoms with Gasteiger partial charge in [-0.1, -0.05) is 72.8 Å². The molecule has 2 atom stereocenters. The van der Waals surface area contributed by atoms with Gasteiger partial charge in [0.05, 0.1) is 23.5 Å². The number of benzene rings is 4. The van der Waals surface area contributed by atoms with Crippen molar-refractivity contribution in [3.63, 3.8) is 0 Å². The van der Waals surface area contributed by atoms with Crippen LogP contribution in [0.15, 0.2) is 122 Å². The Kier molecular flexibility index (Phi) is 3.75. The second-order valence-corrected chi connectivity index (χ2v) is 11.0. The first-order valence-corrected chi connectivity index (χ1v) is 13.8. The van der Waals surface area contributed by atoms with Crippen LogP contribution in [0, 0.1) is 0 Å². The van der Waals surface area contributed by atoms with Gasteiger partial charge < -0.3 is 9.80 Å². The van der Waals surface area contributed by atoms with Gasteiger partial charge in [0.15, 0.2) is 0 Å². The average molecular weight is 511 g/mol. The van der Waals surface area contributed by atoms with Crippen molar-refractivity contribution in [1.29, 1.82) is 0 Å². The van der Waals surface area contributed by atoms with Crippen molar-refractivity contribution in [2.75, 3.05) is 9.80 Å². The number of fused-ring (bicyclic) bond motifs is 16.